The lowest BCUT2D eigenvalue weighted by molar-refractivity contribution is -0.122. The van der Waals surface area contributed by atoms with Crippen LogP contribution < -0.4 is 14.8 Å². The van der Waals surface area contributed by atoms with Gasteiger partial charge in [-0.05, 0) is 42.7 Å². The molecule has 0 aliphatic carbocycles. The SMILES string of the molecule is COc1cccc(NC(=O)C(C)Oc2ccc(C(C)C)cc2)c1. The van der Waals surface area contributed by atoms with Crippen molar-refractivity contribution >= 4 is 11.6 Å². The molecule has 2 aromatic rings. The molecule has 0 saturated carbocycles. The molecule has 0 aliphatic heterocycles. The van der Waals surface area contributed by atoms with Gasteiger partial charge >= 0.3 is 0 Å². The average Bonchev–Trinajstić information content (AvgIpc) is 2.55. The third-order valence-corrected chi connectivity index (χ3v) is 3.57. The Kier molecular flexibility index (Phi) is 5.63. The van der Waals surface area contributed by atoms with Crippen molar-refractivity contribution in [2.24, 2.45) is 0 Å². The fraction of sp³-hybridized carbons (Fsp3) is 0.316. The second kappa shape index (κ2) is 7.68. The predicted molar refractivity (Wildman–Crippen MR) is 92.2 cm³/mol. The Hall–Kier alpha value is -2.49. The molecule has 23 heavy (non-hydrogen) atoms. The molecular weight excluding hydrogens is 290 g/mol. The van der Waals surface area contributed by atoms with E-state index < -0.39 is 6.10 Å². The van der Waals surface area contributed by atoms with Gasteiger partial charge in [0.2, 0.25) is 0 Å². The van der Waals surface area contributed by atoms with Gasteiger partial charge in [0.05, 0.1) is 7.11 Å². The predicted octanol–water partition coefficient (Wildman–Crippen LogP) is 4.22. The molecule has 4 heteroatoms. The van der Waals surface area contributed by atoms with Gasteiger partial charge in [0.15, 0.2) is 6.10 Å². The maximum Gasteiger partial charge on any atom is 0.265 e. The summed E-state index contributed by atoms with van der Waals surface area (Å²) in [5, 5.41) is 2.82. The quantitative estimate of drug-likeness (QED) is 0.868. The molecule has 1 atom stereocenters. The maximum atomic E-state index is 12.2. The highest BCUT2D eigenvalue weighted by Gasteiger charge is 2.15. The van der Waals surface area contributed by atoms with E-state index in [2.05, 4.69) is 19.2 Å². The Labute approximate surface area is 137 Å². The maximum absolute atomic E-state index is 12.2. The number of carbonyl (C=O) groups is 1. The van der Waals surface area contributed by atoms with Crippen LogP contribution in [0.25, 0.3) is 0 Å². The van der Waals surface area contributed by atoms with Gasteiger partial charge in [-0.2, -0.15) is 0 Å². The van der Waals surface area contributed by atoms with Crippen molar-refractivity contribution in [3.05, 3.63) is 54.1 Å². The van der Waals surface area contributed by atoms with Crippen LogP contribution in [-0.4, -0.2) is 19.1 Å². The zero-order valence-electron chi connectivity index (χ0n) is 14.0. The van der Waals surface area contributed by atoms with Gasteiger partial charge in [0, 0.05) is 11.8 Å². The summed E-state index contributed by atoms with van der Waals surface area (Å²) in [4.78, 5) is 12.2. The molecule has 0 radical (unpaired) electrons. The molecule has 0 aromatic heterocycles. The Balaban J connectivity index is 1.96. The fourth-order valence-electron chi connectivity index (χ4n) is 2.13. The lowest BCUT2D eigenvalue weighted by Crippen LogP contribution is -2.30. The van der Waals surface area contributed by atoms with Crippen LogP contribution in [0.5, 0.6) is 11.5 Å². The Bertz CT molecular complexity index is 650. The molecule has 2 rings (SSSR count). The molecule has 0 saturated heterocycles. The van der Waals surface area contributed by atoms with Crippen molar-refractivity contribution in [3.63, 3.8) is 0 Å². The standard InChI is InChI=1S/C19H23NO3/c1-13(2)15-8-10-17(11-9-15)23-14(3)19(21)20-16-6-5-7-18(12-16)22-4/h5-14H,1-4H3,(H,20,21). The van der Waals surface area contributed by atoms with E-state index in [1.165, 1.54) is 5.56 Å². The molecule has 1 amide bonds. The molecule has 2 aromatic carbocycles. The number of anilines is 1. The van der Waals surface area contributed by atoms with Crippen molar-refractivity contribution < 1.29 is 14.3 Å². The number of hydrogen-bond donors (Lipinski definition) is 1. The number of ether oxygens (including phenoxy) is 2. The number of methoxy groups -OCH3 is 1. The van der Waals surface area contributed by atoms with Crippen molar-refractivity contribution in [2.75, 3.05) is 12.4 Å². The number of benzene rings is 2. The molecule has 0 spiro atoms. The molecule has 0 aliphatic rings. The third kappa shape index (κ3) is 4.74. The first-order chi connectivity index (χ1) is 11.0. The number of carbonyl (C=O) groups excluding carboxylic acids is 1. The molecule has 0 fully saturated rings. The highest BCUT2D eigenvalue weighted by atomic mass is 16.5. The second-order valence-electron chi connectivity index (χ2n) is 5.71. The average molecular weight is 313 g/mol. The van der Waals surface area contributed by atoms with Gasteiger partial charge in [-0.25, -0.2) is 0 Å². The monoisotopic (exact) mass is 313 g/mol. The smallest absolute Gasteiger partial charge is 0.265 e. The van der Waals surface area contributed by atoms with Crippen LogP contribution in [0, 0.1) is 0 Å². The van der Waals surface area contributed by atoms with E-state index in [4.69, 9.17) is 9.47 Å². The summed E-state index contributed by atoms with van der Waals surface area (Å²) in [6.45, 7) is 6.01. The first-order valence-electron chi connectivity index (χ1n) is 7.71. The van der Waals surface area contributed by atoms with Crippen molar-refractivity contribution in [2.45, 2.75) is 32.8 Å². The van der Waals surface area contributed by atoms with Crippen LogP contribution in [0.15, 0.2) is 48.5 Å². The van der Waals surface area contributed by atoms with Crippen LogP contribution in [0.2, 0.25) is 0 Å². The van der Waals surface area contributed by atoms with E-state index in [0.29, 0.717) is 23.1 Å². The molecular formula is C19H23NO3. The summed E-state index contributed by atoms with van der Waals surface area (Å²) < 4.78 is 10.8. The van der Waals surface area contributed by atoms with Crippen LogP contribution in [-0.2, 0) is 4.79 Å². The molecule has 4 nitrogen and oxygen atoms in total. The topological polar surface area (TPSA) is 47.6 Å². The Morgan fingerprint density at radius 3 is 2.30 bits per heavy atom. The summed E-state index contributed by atoms with van der Waals surface area (Å²) in [6.07, 6.45) is -0.592. The number of amides is 1. The van der Waals surface area contributed by atoms with E-state index in [1.54, 1.807) is 20.1 Å². The molecule has 122 valence electrons. The van der Waals surface area contributed by atoms with Crippen LogP contribution in [0.3, 0.4) is 0 Å². The Morgan fingerprint density at radius 2 is 1.70 bits per heavy atom. The molecule has 1 unspecified atom stereocenters. The number of nitrogens with one attached hydrogen (secondary N) is 1. The molecule has 0 bridgehead atoms. The summed E-state index contributed by atoms with van der Waals surface area (Å²) in [6, 6.07) is 15.1. The summed E-state index contributed by atoms with van der Waals surface area (Å²) in [7, 11) is 1.59. The zero-order chi connectivity index (χ0) is 16.8. The van der Waals surface area contributed by atoms with Gasteiger partial charge in [-0.15, -0.1) is 0 Å². The van der Waals surface area contributed by atoms with E-state index in [9.17, 15) is 4.79 Å². The van der Waals surface area contributed by atoms with Crippen LogP contribution in [0.4, 0.5) is 5.69 Å². The highest BCUT2D eigenvalue weighted by molar-refractivity contribution is 5.94. The minimum absolute atomic E-state index is 0.203. The van der Waals surface area contributed by atoms with E-state index in [-0.39, 0.29) is 5.91 Å². The largest absolute Gasteiger partial charge is 0.497 e. The first-order valence-corrected chi connectivity index (χ1v) is 7.71. The number of hydrogen-bond acceptors (Lipinski definition) is 3. The molecule has 0 heterocycles. The van der Waals surface area contributed by atoms with E-state index in [0.717, 1.165) is 0 Å². The Morgan fingerprint density at radius 1 is 1.00 bits per heavy atom. The van der Waals surface area contributed by atoms with Gasteiger partial charge in [-0.1, -0.05) is 32.0 Å². The van der Waals surface area contributed by atoms with Gasteiger partial charge in [-0.3, -0.25) is 4.79 Å². The lowest BCUT2D eigenvalue weighted by atomic mass is 10.0. The van der Waals surface area contributed by atoms with Gasteiger partial charge in [0.25, 0.3) is 5.91 Å². The van der Waals surface area contributed by atoms with Crippen molar-refractivity contribution in [1.82, 2.24) is 0 Å². The summed E-state index contributed by atoms with van der Waals surface area (Å²) in [5.41, 5.74) is 1.92. The normalized spacial score (nSPS) is 11.9. The van der Waals surface area contributed by atoms with Crippen LogP contribution in [0.1, 0.15) is 32.3 Å². The lowest BCUT2D eigenvalue weighted by Gasteiger charge is -2.15. The van der Waals surface area contributed by atoms with Crippen LogP contribution >= 0.6 is 0 Å². The van der Waals surface area contributed by atoms with Gasteiger partial charge in [0.1, 0.15) is 11.5 Å². The highest BCUT2D eigenvalue weighted by Crippen LogP contribution is 2.20. The third-order valence-electron chi connectivity index (χ3n) is 3.57. The van der Waals surface area contributed by atoms with E-state index in [1.807, 2.05) is 42.5 Å². The van der Waals surface area contributed by atoms with Gasteiger partial charge < -0.3 is 14.8 Å². The summed E-state index contributed by atoms with van der Waals surface area (Å²) in [5.74, 6) is 1.65. The van der Waals surface area contributed by atoms with Crippen molar-refractivity contribution in [1.29, 1.82) is 0 Å². The number of rotatable bonds is 6. The summed E-state index contributed by atoms with van der Waals surface area (Å²) >= 11 is 0. The van der Waals surface area contributed by atoms with E-state index >= 15 is 0 Å². The minimum Gasteiger partial charge on any atom is -0.497 e. The zero-order valence-corrected chi connectivity index (χ0v) is 14.0. The molecule has 1 N–H and O–H groups in total. The fourth-order valence-corrected chi connectivity index (χ4v) is 2.13. The first kappa shape index (κ1) is 16.9. The van der Waals surface area contributed by atoms with Crippen molar-refractivity contribution in [3.8, 4) is 11.5 Å². The second-order valence-corrected chi connectivity index (χ2v) is 5.71. The minimum atomic E-state index is -0.592.